The van der Waals surface area contributed by atoms with E-state index in [1.807, 2.05) is 40.6 Å². The summed E-state index contributed by atoms with van der Waals surface area (Å²) in [5.74, 6) is 1.14. The van der Waals surface area contributed by atoms with Crippen LogP contribution in [-0.4, -0.2) is 46.5 Å². The van der Waals surface area contributed by atoms with Crippen LogP contribution >= 0.6 is 11.3 Å². The molecule has 3 aromatic rings. The highest BCUT2D eigenvalue weighted by Gasteiger charge is 2.28. The van der Waals surface area contributed by atoms with Gasteiger partial charge in [-0.05, 0) is 31.5 Å². The molecule has 0 bridgehead atoms. The van der Waals surface area contributed by atoms with Crippen molar-refractivity contribution in [1.82, 2.24) is 20.2 Å². The van der Waals surface area contributed by atoms with E-state index < -0.39 is 0 Å². The van der Waals surface area contributed by atoms with Crippen LogP contribution in [0.25, 0.3) is 22.2 Å². The van der Waals surface area contributed by atoms with E-state index in [0.29, 0.717) is 22.4 Å². The molecule has 140 valence electrons. The average molecular weight is 382 g/mol. The van der Waals surface area contributed by atoms with Crippen LogP contribution in [0.4, 0.5) is 0 Å². The van der Waals surface area contributed by atoms with Crippen LogP contribution in [0.5, 0.6) is 0 Å². The van der Waals surface area contributed by atoms with Gasteiger partial charge < -0.3 is 14.6 Å². The van der Waals surface area contributed by atoms with Crippen molar-refractivity contribution in [3.8, 4) is 22.2 Å². The number of hydrogen-bond donors (Lipinski definition) is 1. The number of nitrogens with one attached hydrogen (secondary N) is 1. The summed E-state index contributed by atoms with van der Waals surface area (Å²) in [6.07, 6.45) is 3.59. The van der Waals surface area contributed by atoms with Crippen molar-refractivity contribution < 1.29 is 9.21 Å². The minimum Gasteiger partial charge on any atom is -0.434 e. The summed E-state index contributed by atoms with van der Waals surface area (Å²) in [6, 6.07) is 9.99. The van der Waals surface area contributed by atoms with Crippen LogP contribution in [0.3, 0.4) is 0 Å². The van der Waals surface area contributed by atoms with E-state index in [1.165, 1.54) is 11.3 Å². The van der Waals surface area contributed by atoms with Crippen LogP contribution in [0, 0.1) is 0 Å². The van der Waals surface area contributed by atoms with Crippen LogP contribution in [-0.2, 0) is 0 Å². The highest BCUT2D eigenvalue weighted by Crippen LogP contribution is 2.29. The first-order valence-corrected chi connectivity index (χ1v) is 10.1. The third-order valence-electron chi connectivity index (χ3n) is 4.66. The van der Waals surface area contributed by atoms with Gasteiger partial charge in [0.2, 0.25) is 5.89 Å². The topological polar surface area (TPSA) is 71.3 Å². The summed E-state index contributed by atoms with van der Waals surface area (Å²) in [5, 5.41) is 5.82. The van der Waals surface area contributed by atoms with E-state index in [1.54, 1.807) is 6.20 Å². The smallest absolute Gasteiger partial charge is 0.273 e. The number of nitrogens with zero attached hydrogens (tertiary/aromatic N) is 3. The minimum atomic E-state index is -0.00384. The van der Waals surface area contributed by atoms with Crippen molar-refractivity contribution in [2.75, 3.05) is 19.6 Å². The van der Waals surface area contributed by atoms with Gasteiger partial charge in [0, 0.05) is 30.1 Å². The van der Waals surface area contributed by atoms with Gasteiger partial charge in [-0.3, -0.25) is 4.79 Å². The quantitative estimate of drug-likeness (QED) is 0.704. The monoisotopic (exact) mass is 382 g/mol. The van der Waals surface area contributed by atoms with E-state index >= 15 is 0 Å². The molecule has 7 heteroatoms. The molecule has 0 aliphatic carbocycles. The van der Waals surface area contributed by atoms with Gasteiger partial charge in [-0.15, -0.1) is 11.3 Å². The normalized spacial score (nSPS) is 16.6. The van der Waals surface area contributed by atoms with E-state index in [-0.39, 0.29) is 11.9 Å². The summed E-state index contributed by atoms with van der Waals surface area (Å²) in [5.41, 5.74) is 1.40. The summed E-state index contributed by atoms with van der Waals surface area (Å²) < 4.78 is 5.86. The Bertz CT molecular complexity index is 900. The molecule has 1 amide bonds. The van der Waals surface area contributed by atoms with Gasteiger partial charge in [0.25, 0.3) is 5.91 Å². The maximum atomic E-state index is 13.0. The number of aromatic nitrogens is 2. The lowest BCUT2D eigenvalue weighted by atomic mass is 10.2. The van der Waals surface area contributed by atoms with E-state index in [0.717, 1.165) is 38.0 Å². The summed E-state index contributed by atoms with van der Waals surface area (Å²) in [4.78, 5) is 23.8. The number of carbonyl (C=O) groups excluding carboxylic acids is 1. The van der Waals surface area contributed by atoms with Crippen molar-refractivity contribution in [1.29, 1.82) is 0 Å². The predicted molar refractivity (Wildman–Crippen MR) is 106 cm³/mol. The molecular formula is C20H22N4O2S. The molecule has 2 aromatic heterocycles. The molecule has 1 N–H and O–H groups in total. The molecule has 3 heterocycles. The van der Waals surface area contributed by atoms with E-state index in [2.05, 4.69) is 22.2 Å². The molecule has 1 aromatic carbocycles. The van der Waals surface area contributed by atoms with Gasteiger partial charge in [0.1, 0.15) is 5.69 Å². The Morgan fingerprint density at radius 1 is 1.37 bits per heavy atom. The maximum Gasteiger partial charge on any atom is 0.273 e. The number of amides is 1. The minimum absolute atomic E-state index is 0.00384. The van der Waals surface area contributed by atoms with Gasteiger partial charge in [0.05, 0.1) is 6.20 Å². The number of rotatable bonds is 6. The van der Waals surface area contributed by atoms with Crippen molar-refractivity contribution in [3.63, 3.8) is 0 Å². The number of carbonyl (C=O) groups is 1. The molecule has 1 unspecified atom stereocenters. The first kappa shape index (κ1) is 17.9. The summed E-state index contributed by atoms with van der Waals surface area (Å²) >= 11 is 1.41. The molecule has 4 rings (SSSR count). The fourth-order valence-electron chi connectivity index (χ4n) is 3.32. The van der Waals surface area contributed by atoms with E-state index in [9.17, 15) is 4.79 Å². The Morgan fingerprint density at radius 3 is 2.96 bits per heavy atom. The Morgan fingerprint density at radius 2 is 2.22 bits per heavy atom. The molecule has 0 spiro atoms. The zero-order chi connectivity index (χ0) is 18.6. The van der Waals surface area contributed by atoms with Crippen molar-refractivity contribution in [3.05, 3.63) is 47.6 Å². The molecule has 0 radical (unpaired) electrons. The zero-order valence-corrected chi connectivity index (χ0v) is 16.0. The molecule has 1 saturated heterocycles. The van der Waals surface area contributed by atoms with Crippen molar-refractivity contribution >= 4 is 17.2 Å². The highest BCUT2D eigenvalue weighted by atomic mass is 32.1. The first-order chi connectivity index (χ1) is 13.3. The van der Waals surface area contributed by atoms with Crippen LogP contribution in [0.1, 0.15) is 30.3 Å². The molecule has 1 atom stereocenters. The number of oxazole rings is 1. The molecule has 27 heavy (non-hydrogen) atoms. The molecular weight excluding hydrogens is 360 g/mol. The van der Waals surface area contributed by atoms with Gasteiger partial charge in [-0.25, -0.2) is 9.97 Å². The van der Waals surface area contributed by atoms with Gasteiger partial charge in [0.15, 0.2) is 10.8 Å². The van der Waals surface area contributed by atoms with E-state index in [4.69, 9.17) is 4.42 Å². The Kier molecular flexibility index (Phi) is 5.31. The standard InChI is InChI=1S/C20H22N4O2S/c1-2-10-24(15-8-9-21-11-15)20(25)16-13-27-19(23-16)17-12-22-18(26-17)14-6-4-3-5-7-14/h3-7,12-13,15,21H,2,8-11H2,1H3. The third kappa shape index (κ3) is 3.79. The molecule has 0 saturated carbocycles. The Balaban J connectivity index is 1.54. The Hall–Kier alpha value is -2.51. The number of hydrogen-bond acceptors (Lipinski definition) is 6. The summed E-state index contributed by atoms with van der Waals surface area (Å²) in [6.45, 7) is 4.65. The van der Waals surface area contributed by atoms with Gasteiger partial charge in [-0.1, -0.05) is 25.1 Å². The number of thiazole rings is 1. The van der Waals surface area contributed by atoms with Gasteiger partial charge in [-0.2, -0.15) is 0 Å². The lowest BCUT2D eigenvalue weighted by Gasteiger charge is -2.27. The SMILES string of the molecule is CCCN(C(=O)c1csc(-c2cnc(-c3ccccc3)o2)n1)C1CCNC1. The highest BCUT2D eigenvalue weighted by molar-refractivity contribution is 7.13. The fourth-order valence-corrected chi connectivity index (χ4v) is 4.05. The second kappa shape index (κ2) is 8.02. The van der Waals surface area contributed by atoms with Crippen molar-refractivity contribution in [2.24, 2.45) is 0 Å². The molecule has 1 aliphatic rings. The number of benzene rings is 1. The summed E-state index contributed by atoms with van der Waals surface area (Å²) in [7, 11) is 0. The average Bonchev–Trinajstić information content (AvgIpc) is 3.47. The van der Waals surface area contributed by atoms with Crippen LogP contribution in [0.15, 0.2) is 46.3 Å². The lowest BCUT2D eigenvalue weighted by molar-refractivity contribution is 0.0687. The Labute approximate surface area is 162 Å². The fraction of sp³-hybridized carbons (Fsp3) is 0.350. The third-order valence-corrected chi connectivity index (χ3v) is 5.52. The second-order valence-electron chi connectivity index (χ2n) is 6.58. The van der Waals surface area contributed by atoms with Crippen molar-refractivity contribution in [2.45, 2.75) is 25.8 Å². The first-order valence-electron chi connectivity index (χ1n) is 9.25. The molecule has 1 fully saturated rings. The zero-order valence-electron chi connectivity index (χ0n) is 15.2. The van der Waals surface area contributed by atoms with Gasteiger partial charge >= 0.3 is 0 Å². The van der Waals surface area contributed by atoms with Crippen LogP contribution in [0.2, 0.25) is 0 Å². The largest absolute Gasteiger partial charge is 0.434 e. The predicted octanol–water partition coefficient (Wildman–Crippen LogP) is 3.68. The molecule has 6 nitrogen and oxygen atoms in total. The van der Waals surface area contributed by atoms with Crippen LogP contribution < -0.4 is 5.32 Å². The maximum absolute atomic E-state index is 13.0. The second-order valence-corrected chi connectivity index (χ2v) is 7.44. The molecule has 1 aliphatic heterocycles. The lowest BCUT2D eigenvalue weighted by Crippen LogP contribution is -2.42.